The number of carbonyl (C=O) groups excluding carboxylic acids is 1. The van der Waals surface area contributed by atoms with Crippen molar-refractivity contribution >= 4 is 18.5 Å². The zero-order chi connectivity index (χ0) is 50.9. The molecule has 0 heterocycles. The fraction of sp³-hybridized carbons (Fsp3) is 0.227. The second-order valence-electron chi connectivity index (χ2n) is 13.2. The largest absolute Gasteiger partial charge is 0.505 e. The van der Waals surface area contributed by atoms with Crippen LogP contribution in [0.4, 0.5) is 53.1 Å². The van der Waals surface area contributed by atoms with E-state index >= 15 is 0 Å². The zero-order valence-electron chi connectivity index (χ0n) is 35.7. The van der Waals surface area contributed by atoms with E-state index in [0.717, 1.165) is 48.5 Å². The molecule has 1 amide bonds. The average molecular weight is 994 g/mol. The lowest BCUT2D eigenvalue weighted by Gasteiger charge is -2.19. The molecule has 12 nitrogen and oxygen atoms in total. The highest BCUT2D eigenvalue weighted by atomic mass is 35.5. The lowest BCUT2D eigenvalue weighted by atomic mass is 10.2. The molecule has 5 aromatic rings. The molecule has 5 aromatic carbocycles. The molecule has 0 radical (unpaired) electrons. The van der Waals surface area contributed by atoms with E-state index in [1.807, 2.05) is 6.07 Å². The predicted molar refractivity (Wildman–Crippen MR) is 222 cm³/mol. The van der Waals surface area contributed by atoms with Crippen LogP contribution in [-0.4, -0.2) is 43.7 Å². The maximum atomic E-state index is 13.2. The molecule has 4 N–H and O–H groups in total. The molecule has 0 atom stereocenters. The normalized spacial score (nSPS) is 9.94. The highest BCUT2D eigenvalue weighted by molar-refractivity contribution is 5.85. The molecule has 0 saturated carbocycles. The van der Waals surface area contributed by atoms with Gasteiger partial charge in [-0.3, -0.25) is 0 Å². The number of carbonyl (C=O) groups is 1. The van der Waals surface area contributed by atoms with Crippen LogP contribution in [0.1, 0.15) is 48.6 Å². The molecule has 5 rings (SSSR count). The van der Waals surface area contributed by atoms with Gasteiger partial charge in [0.15, 0.2) is 57.8 Å². The quantitative estimate of drug-likeness (QED) is 0.113. The molecule has 0 unspecified atom stereocenters. The number of aromatic hydroxyl groups is 1. The number of nitrogens with two attached hydrogens (primary N) is 1. The SMILES string of the molecule is CC(C)(C)OC(=O)NCc1ccc(F)c(OC(F)F)c1.COc1cc(C#N)ccc1F.Cl.N#Cc1ccc(F)c(O)c1.N#Cc1ccc(F)c(OC(F)F)c1.NCc1ccc(F)c(OC(F)F)c1. The summed E-state index contributed by atoms with van der Waals surface area (Å²) in [4.78, 5) is 11.4. The molecule has 68 heavy (non-hydrogen) atoms. The van der Waals surface area contributed by atoms with Crippen LogP contribution in [0.3, 0.4) is 0 Å². The molecule has 0 aliphatic rings. The van der Waals surface area contributed by atoms with Crippen molar-refractivity contribution in [3.05, 3.63) is 148 Å². The van der Waals surface area contributed by atoms with E-state index in [0.29, 0.717) is 16.7 Å². The standard InChI is InChI=1S/C13H16F3NO3.C8H8F3NO.C8H4F3NO.C8H6FNO.C7H4FNO.ClH/c1-13(2,3)20-12(18)17-7-8-4-5-9(14)10(6-8)19-11(15)16;2*9-6-2-1-5(4-12)3-7(6)13-8(10)11;1-11-8-4-6(5-10)2-3-7(8)9;8-6-2-1-5(4-9)3-7(6)10;/h4-6,11H,7H2,1-3H3,(H,17,18);1-3,8H,4,12H2;1-3,8H;2-4H,1H3;1-3,10H;1H. The third-order valence-electron chi connectivity index (χ3n) is 7.13. The summed E-state index contributed by atoms with van der Waals surface area (Å²) in [5, 5.41) is 36.2. The van der Waals surface area contributed by atoms with Gasteiger partial charge in [-0.05, 0) is 92.6 Å². The minimum absolute atomic E-state index is 0. The van der Waals surface area contributed by atoms with E-state index < -0.39 is 83.6 Å². The second-order valence-corrected chi connectivity index (χ2v) is 13.2. The van der Waals surface area contributed by atoms with Crippen molar-refractivity contribution in [1.29, 1.82) is 15.8 Å². The van der Waals surface area contributed by atoms with Gasteiger partial charge in [-0.2, -0.15) is 42.1 Å². The molecular formula is C44H39ClF11N5O7. The van der Waals surface area contributed by atoms with Gasteiger partial charge in [0.2, 0.25) is 0 Å². The van der Waals surface area contributed by atoms with Crippen molar-refractivity contribution in [3.63, 3.8) is 0 Å². The predicted octanol–water partition coefficient (Wildman–Crippen LogP) is 11.2. The first-order chi connectivity index (χ1) is 31.4. The number of nitrogens with one attached hydrogen (secondary N) is 1. The zero-order valence-corrected chi connectivity index (χ0v) is 36.5. The molecule has 0 aliphatic heterocycles. The van der Waals surface area contributed by atoms with Gasteiger partial charge in [0.25, 0.3) is 0 Å². The smallest absolute Gasteiger partial charge is 0.407 e. The summed E-state index contributed by atoms with van der Waals surface area (Å²) in [6.45, 7) is -3.95. The van der Waals surface area contributed by atoms with Gasteiger partial charge in [-0.1, -0.05) is 12.1 Å². The van der Waals surface area contributed by atoms with E-state index in [4.69, 9.17) is 31.4 Å². The second kappa shape index (κ2) is 30.5. The lowest BCUT2D eigenvalue weighted by Crippen LogP contribution is -2.32. The van der Waals surface area contributed by atoms with Crippen LogP contribution in [0.5, 0.6) is 28.7 Å². The first kappa shape index (κ1) is 60.3. The first-order valence-corrected chi connectivity index (χ1v) is 18.4. The monoisotopic (exact) mass is 993 g/mol. The van der Waals surface area contributed by atoms with Gasteiger partial charge < -0.3 is 39.8 Å². The Morgan fingerprint density at radius 3 is 1.34 bits per heavy atom. The number of nitrogens with zero attached hydrogens (tertiary/aromatic N) is 3. The van der Waals surface area contributed by atoms with Crippen molar-refractivity contribution < 1.29 is 81.9 Å². The summed E-state index contributed by atoms with van der Waals surface area (Å²) in [5.41, 5.74) is 6.25. The van der Waals surface area contributed by atoms with Gasteiger partial charge in [0.05, 0.1) is 42.0 Å². The first-order valence-electron chi connectivity index (χ1n) is 18.4. The van der Waals surface area contributed by atoms with Gasteiger partial charge in [0, 0.05) is 31.3 Å². The number of nitriles is 3. The molecule has 0 spiro atoms. The molecule has 24 heteroatoms. The lowest BCUT2D eigenvalue weighted by molar-refractivity contribution is -0.0528. The molecule has 0 aromatic heterocycles. The third-order valence-corrected chi connectivity index (χ3v) is 7.13. The molecule has 366 valence electrons. The summed E-state index contributed by atoms with van der Waals surface area (Å²) in [7, 11) is 1.36. The maximum Gasteiger partial charge on any atom is 0.407 e. The van der Waals surface area contributed by atoms with Crippen LogP contribution in [0.25, 0.3) is 0 Å². The van der Waals surface area contributed by atoms with Crippen molar-refractivity contribution in [1.82, 2.24) is 5.32 Å². The van der Waals surface area contributed by atoms with Crippen molar-refractivity contribution in [2.24, 2.45) is 5.73 Å². The van der Waals surface area contributed by atoms with Crippen molar-refractivity contribution in [2.45, 2.75) is 59.3 Å². The molecule has 0 aliphatic carbocycles. The Bertz CT molecular complexity index is 2500. The van der Waals surface area contributed by atoms with Gasteiger partial charge >= 0.3 is 25.9 Å². The fourth-order valence-corrected chi connectivity index (χ4v) is 4.26. The van der Waals surface area contributed by atoms with Crippen LogP contribution < -0.4 is 30.0 Å². The number of methoxy groups -OCH3 is 1. The number of alkyl halides is 6. The van der Waals surface area contributed by atoms with Crippen LogP contribution >= 0.6 is 12.4 Å². The summed E-state index contributed by atoms with van der Waals surface area (Å²) < 4.78 is 156. The Hall–Kier alpha value is -7.68. The molecule has 0 saturated heterocycles. The summed E-state index contributed by atoms with van der Waals surface area (Å²) in [6, 6.07) is 22.8. The fourth-order valence-electron chi connectivity index (χ4n) is 4.26. The summed E-state index contributed by atoms with van der Waals surface area (Å²) in [5.74, 6) is -5.84. The minimum atomic E-state index is -3.11. The van der Waals surface area contributed by atoms with E-state index in [2.05, 4.69) is 24.3 Å². The topological polar surface area (TPSA) is 193 Å². The molecule has 0 bridgehead atoms. The number of hydrogen-bond donors (Lipinski definition) is 3. The highest BCUT2D eigenvalue weighted by Gasteiger charge is 2.17. The Kier molecular flexibility index (Phi) is 27.1. The van der Waals surface area contributed by atoms with Crippen molar-refractivity contribution in [2.75, 3.05) is 7.11 Å². The van der Waals surface area contributed by atoms with Crippen LogP contribution in [0.2, 0.25) is 0 Å². The van der Waals surface area contributed by atoms with Crippen molar-refractivity contribution in [3.8, 4) is 47.0 Å². The Labute approximate surface area is 387 Å². The average Bonchev–Trinajstić information content (AvgIpc) is 3.26. The minimum Gasteiger partial charge on any atom is -0.505 e. The summed E-state index contributed by atoms with van der Waals surface area (Å²) >= 11 is 0. The highest BCUT2D eigenvalue weighted by Crippen LogP contribution is 2.23. The number of phenolic OH excluding ortho intramolecular Hbond substituents is 1. The number of rotatable bonds is 10. The van der Waals surface area contributed by atoms with Gasteiger partial charge in [0.1, 0.15) is 5.60 Å². The van der Waals surface area contributed by atoms with Crippen LogP contribution in [0, 0.1) is 63.1 Å². The van der Waals surface area contributed by atoms with E-state index in [-0.39, 0.29) is 42.4 Å². The summed E-state index contributed by atoms with van der Waals surface area (Å²) in [6.07, 6.45) is -0.654. The van der Waals surface area contributed by atoms with Gasteiger partial charge in [-0.25, -0.2) is 26.7 Å². The number of benzene rings is 5. The molecular weight excluding hydrogens is 955 g/mol. The Balaban J connectivity index is 0.000000841. The Morgan fingerprint density at radius 2 is 0.956 bits per heavy atom. The Morgan fingerprint density at radius 1 is 0.603 bits per heavy atom. The van der Waals surface area contributed by atoms with E-state index in [1.54, 1.807) is 32.9 Å². The number of halogens is 12. The van der Waals surface area contributed by atoms with Crippen LogP contribution in [0.15, 0.2) is 91.0 Å². The van der Waals surface area contributed by atoms with E-state index in [1.165, 1.54) is 49.6 Å². The number of hydrogen-bond acceptors (Lipinski definition) is 11. The van der Waals surface area contributed by atoms with E-state index in [9.17, 15) is 53.1 Å². The third kappa shape index (κ3) is 24.0. The van der Waals surface area contributed by atoms with Crippen LogP contribution in [-0.2, 0) is 17.8 Å². The number of amides is 1. The van der Waals surface area contributed by atoms with Gasteiger partial charge in [-0.15, -0.1) is 12.4 Å². The maximum absolute atomic E-state index is 13.2. The number of ether oxygens (including phenoxy) is 5. The number of alkyl carbamates (subject to hydrolysis) is 1. The molecule has 0 fully saturated rings. The number of phenols is 1.